The zero-order valence-electron chi connectivity index (χ0n) is 6.45. The number of pyridine rings is 1. The molecule has 0 aliphatic carbocycles. The highest BCUT2D eigenvalue weighted by Crippen LogP contribution is 2.01. The van der Waals surface area contributed by atoms with E-state index in [-0.39, 0.29) is 5.78 Å². The second kappa shape index (κ2) is 3.65. The Morgan fingerprint density at radius 2 is 2.50 bits per heavy atom. The third-order valence-electron chi connectivity index (χ3n) is 1.42. The third kappa shape index (κ3) is 1.68. The Balaban J connectivity index is 3.03. The summed E-state index contributed by atoms with van der Waals surface area (Å²) in [6.07, 6.45) is 6.46. The molecule has 12 heavy (non-hydrogen) atoms. The van der Waals surface area contributed by atoms with Crippen LogP contribution in [0.1, 0.15) is 16.1 Å². The Bertz CT molecular complexity index is 339. The SMILES string of the molecule is C#CC(=O)c1ccnc(CN)c1. The van der Waals surface area contributed by atoms with Crippen LogP contribution in [0.4, 0.5) is 0 Å². The standard InChI is InChI=1S/C9H8N2O/c1-2-9(12)7-3-4-11-8(5-7)6-10/h1,3-5H,6,10H2. The summed E-state index contributed by atoms with van der Waals surface area (Å²) in [5, 5.41) is 0. The Kier molecular flexibility index (Phi) is 2.57. The van der Waals surface area contributed by atoms with Gasteiger partial charge in [0, 0.05) is 18.3 Å². The molecule has 2 N–H and O–H groups in total. The van der Waals surface area contributed by atoms with E-state index in [4.69, 9.17) is 12.2 Å². The van der Waals surface area contributed by atoms with E-state index in [2.05, 4.69) is 4.98 Å². The molecule has 60 valence electrons. The summed E-state index contributed by atoms with van der Waals surface area (Å²) in [5.74, 6) is 1.68. The summed E-state index contributed by atoms with van der Waals surface area (Å²) >= 11 is 0. The van der Waals surface area contributed by atoms with Crippen LogP contribution in [0.3, 0.4) is 0 Å². The maximum absolute atomic E-state index is 11.0. The van der Waals surface area contributed by atoms with Crippen LogP contribution in [0.5, 0.6) is 0 Å². The van der Waals surface area contributed by atoms with Crippen LogP contribution in [-0.2, 0) is 6.54 Å². The lowest BCUT2D eigenvalue weighted by atomic mass is 10.1. The summed E-state index contributed by atoms with van der Waals surface area (Å²) in [5.41, 5.74) is 6.46. The van der Waals surface area contributed by atoms with E-state index < -0.39 is 0 Å². The smallest absolute Gasteiger partial charge is 0.235 e. The molecule has 0 aliphatic heterocycles. The molecule has 3 heteroatoms. The van der Waals surface area contributed by atoms with E-state index >= 15 is 0 Å². The van der Waals surface area contributed by atoms with Crippen LogP contribution in [0, 0.1) is 12.3 Å². The average molecular weight is 160 g/mol. The first-order chi connectivity index (χ1) is 5.77. The molecule has 1 heterocycles. The second-order valence-electron chi connectivity index (χ2n) is 2.21. The number of hydrogen-bond donors (Lipinski definition) is 1. The Morgan fingerprint density at radius 3 is 3.08 bits per heavy atom. The molecule has 0 fully saturated rings. The van der Waals surface area contributed by atoms with E-state index in [0.717, 1.165) is 0 Å². The largest absolute Gasteiger partial charge is 0.325 e. The number of carbonyl (C=O) groups is 1. The number of Topliss-reactive ketones (excluding diaryl/α,β-unsaturated/α-hetero) is 1. The van der Waals surface area contributed by atoms with Crippen LogP contribution < -0.4 is 5.73 Å². The number of nitrogens with two attached hydrogens (primary N) is 1. The molecule has 1 aromatic heterocycles. The zero-order valence-corrected chi connectivity index (χ0v) is 6.45. The Labute approximate surface area is 70.6 Å². The monoisotopic (exact) mass is 160 g/mol. The van der Waals surface area contributed by atoms with Crippen molar-refractivity contribution < 1.29 is 4.79 Å². The van der Waals surface area contributed by atoms with Crippen molar-refractivity contribution >= 4 is 5.78 Å². The molecule has 0 atom stereocenters. The molecule has 1 rings (SSSR count). The van der Waals surface area contributed by atoms with Crippen molar-refractivity contribution in [3.05, 3.63) is 29.6 Å². The number of terminal acetylenes is 1. The van der Waals surface area contributed by atoms with Crippen LogP contribution in [-0.4, -0.2) is 10.8 Å². The highest BCUT2D eigenvalue weighted by molar-refractivity contribution is 6.08. The zero-order chi connectivity index (χ0) is 8.97. The molecule has 0 aromatic carbocycles. The van der Waals surface area contributed by atoms with Gasteiger partial charge < -0.3 is 5.73 Å². The van der Waals surface area contributed by atoms with E-state index in [9.17, 15) is 4.79 Å². The first-order valence-corrected chi connectivity index (χ1v) is 3.44. The fraction of sp³-hybridized carbons (Fsp3) is 0.111. The first kappa shape index (κ1) is 8.44. The van der Waals surface area contributed by atoms with Crippen molar-refractivity contribution in [2.45, 2.75) is 6.54 Å². The number of ketones is 1. The number of carbonyl (C=O) groups excluding carboxylic acids is 1. The number of aromatic nitrogens is 1. The predicted octanol–water partition coefficient (Wildman–Crippen LogP) is 0.356. The molecule has 0 aliphatic rings. The summed E-state index contributed by atoms with van der Waals surface area (Å²) in [6, 6.07) is 3.17. The van der Waals surface area contributed by atoms with Crippen molar-refractivity contribution in [1.29, 1.82) is 0 Å². The molecular weight excluding hydrogens is 152 g/mol. The Morgan fingerprint density at radius 1 is 1.75 bits per heavy atom. The lowest BCUT2D eigenvalue weighted by Crippen LogP contribution is -2.02. The van der Waals surface area contributed by atoms with Gasteiger partial charge >= 0.3 is 0 Å². The van der Waals surface area contributed by atoms with Gasteiger partial charge in [0.1, 0.15) is 0 Å². The molecule has 0 radical (unpaired) electrons. The molecule has 0 unspecified atom stereocenters. The van der Waals surface area contributed by atoms with Gasteiger partial charge in [-0.3, -0.25) is 9.78 Å². The van der Waals surface area contributed by atoms with Crippen LogP contribution in [0.15, 0.2) is 18.3 Å². The molecule has 0 spiro atoms. The quantitative estimate of drug-likeness (QED) is 0.386. The van der Waals surface area contributed by atoms with E-state index in [1.807, 2.05) is 5.92 Å². The number of hydrogen-bond acceptors (Lipinski definition) is 3. The fourth-order valence-electron chi connectivity index (χ4n) is 0.814. The topological polar surface area (TPSA) is 56.0 Å². The minimum absolute atomic E-state index is 0.311. The minimum atomic E-state index is -0.341. The second-order valence-corrected chi connectivity index (χ2v) is 2.21. The Hall–Kier alpha value is -1.66. The van der Waals surface area contributed by atoms with Crippen LogP contribution >= 0.6 is 0 Å². The summed E-state index contributed by atoms with van der Waals surface area (Å²) in [4.78, 5) is 14.9. The molecule has 0 saturated heterocycles. The van der Waals surface area contributed by atoms with Crippen molar-refractivity contribution in [2.75, 3.05) is 0 Å². The van der Waals surface area contributed by atoms with Crippen molar-refractivity contribution in [3.8, 4) is 12.3 Å². The van der Waals surface area contributed by atoms with Gasteiger partial charge in [0.15, 0.2) is 0 Å². The highest BCUT2D eigenvalue weighted by Gasteiger charge is 2.01. The maximum atomic E-state index is 11.0. The van der Waals surface area contributed by atoms with Crippen LogP contribution in [0.2, 0.25) is 0 Å². The molecular formula is C9H8N2O. The van der Waals surface area contributed by atoms with E-state index in [1.54, 1.807) is 12.1 Å². The summed E-state index contributed by atoms with van der Waals surface area (Å²) in [7, 11) is 0. The van der Waals surface area contributed by atoms with Crippen LogP contribution in [0.25, 0.3) is 0 Å². The predicted molar refractivity (Wildman–Crippen MR) is 45.3 cm³/mol. The van der Waals surface area contributed by atoms with Gasteiger partial charge in [0.2, 0.25) is 5.78 Å². The highest BCUT2D eigenvalue weighted by atomic mass is 16.1. The van der Waals surface area contributed by atoms with Gasteiger partial charge in [-0.15, -0.1) is 6.42 Å². The van der Waals surface area contributed by atoms with Crippen molar-refractivity contribution in [1.82, 2.24) is 4.98 Å². The summed E-state index contributed by atoms with van der Waals surface area (Å²) < 4.78 is 0. The van der Waals surface area contributed by atoms with Gasteiger partial charge in [-0.05, 0) is 18.1 Å². The fourth-order valence-corrected chi connectivity index (χ4v) is 0.814. The molecule has 3 nitrogen and oxygen atoms in total. The maximum Gasteiger partial charge on any atom is 0.235 e. The van der Waals surface area contributed by atoms with Gasteiger partial charge in [-0.2, -0.15) is 0 Å². The van der Waals surface area contributed by atoms with Crippen molar-refractivity contribution in [3.63, 3.8) is 0 Å². The van der Waals surface area contributed by atoms with Gasteiger partial charge in [-0.1, -0.05) is 0 Å². The molecule has 0 saturated carbocycles. The molecule has 1 aromatic rings. The lowest BCUT2D eigenvalue weighted by molar-refractivity contribution is 0.105. The minimum Gasteiger partial charge on any atom is -0.325 e. The summed E-state index contributed by atoms with van der Waals surface area (Å²) in [6.45, 7) is 0.311. The van der Waals surface area contributed by atoms with E-state index in [0.29, 0.717) is 17.8 Å². The first-order valence-electron chi connectivity index (χ1n) is 3.44. The normalized spacial score (nSPS) is 9.00. The molecule has 0 bridgehead atoms. The lowest BCUT2D eigenvalue weighted by Gasteiger charge is -1.96. The van der Waals surface area contributed by atoms with Gasteiger partial charge in [-0.25, -0.2) is 0 Å². The van der Waals surface area contributed by atoms with Crippen molar-refractivity contribution in [2.24, 2.45) is 5.73 Å². The van der Waals surface area contributed by atoms with Gasteiger partial charge in [0.05, 0.1) is 5.69 Å². The molecule has 0 amide bonds. The third-order valence-corrected chi connectivity index (χ3v) is 1.42. The van der Waals surface area contributed by atoms with E-state index in [1.165, 1.54) is 6.20 Å². The number of rotatable bonds is 2. The number of nitrogens with zero attached hydrogens (tertiary/aromatic N) is 1. The van der Waals surface area contributed by atoms with Gasteiger partial charge in [0.25, 0.3) is 0 Å². The average Bonchev–Trinajstić information content (AvgIpc) is 2.17.